The van der Waals surface area contributed by atoms with Crippen LogP contribution in [0.15, 0.2) is 84.4 Å². The van der Waals surface area contributed by atoms with Crippen molar-refractivity contribution in [1.82, 2.24) is 9.55 Å². The van der Waals surface area contributed by atoms with Crippen LogP contribution in [0.25, 0.3) is 49.1 Å². The zero-order valence-electron chi connectivity index (χ0n) is 16.8. The van der Waals surface area contributed by atoms with Crippen LogP contribution in [0.1, 0.15) is 5.56 Å². The third-order valence-corrected chi connectivity index (χ3v) is 6.73. The Labute approximate surface area is 178 Å². The first-order valence-corrected chi connectivity index (χ1v) is 10.9. The van der Waals surface area contributed by atoms with E-state index in [0.717, 1.165) is 5.52 Å². The molecule has 0 saturated heterocycles. The molecule has 4 heteroatoms. The molecule has 0 aliphatic carbocycles. The third-order valence-electron chi connectivity index (χ3n) is 5.94. The molecule has 0 radical (unpaired) electrons. The average molecular weight is 407 g/mol. The van der Waals surface area contributed by atoms with Crippen LogP contribution < -0.4 is 4.57 Å². The van der Waals surface area contributed by atoms with Crippen LogP contribution in [0.3, 0.4) is 0 Å². The second-order valence-corrected chi connectivity index (χ2v) is 8.58. The summed E-state index contributed by atoms with van der Waals surface area (Å²) in [6, 6.07) is 28.2. The monoisotopic (exact) mass is 406 g/mol. The molecule has 30 heavy (non-hydrogen) atoms. The summed E-state index contributed by atoms with van der Waals surface area (Å²) >= 11 is 1.69. The summed E-state index contributed by atoms with van der Waals surface area (Å²) in [5.74, 6) is 1.17. The maximum atomic E-state index is 4.58. The molecular weight excluding hydrogens is 386 g/mol. The summed E-state index contributed by atoms with van der Waals surface area (Å²) in [7, 11) is 2.16. The predicted octanol–water partition coefficient (Wildman–Crippen LogP) is 6.19. The van der Waals surface area contributed by atoms with Gasteiger partial charge >= 0.3 is 0 Å². The molecule has 2 aromatic heterocycles. The normalized spacial score (nSPS) is 11.7. The minimum absolute atomic E-state index is 1.05. The van der Waals surface area contributed by atoms with Gasteiger partial charge in [-0.3, -0.25) is 0 Å². The van der Waals surface area contributed by atoms with Crippen LogP contribution in [-0.4, -0.2) is 9.55 Å². The highest BCUT2D eigenvalue weighted by Gasteiger charge is 2.28. The van der Waals surface area contributed by atoms with Crippen LogP contribution >= 0.6 is 11.3 Å². The Bertz CT molecular complexity index is 1570. The molecule has 0 amide bonds. The smallest absolute Gasteiger partial charge is 0.245 e. The first kappa shape index (κ1) is 17.4. The first-order chi connectivity index (χ1) is 14.7. The lowest BCUT2D eigenvalue weighted by Crippen LogP contribution is -2.30. The van der Waals surface area contributed by atoms with Crippen LogP contribution in [0.4, 0.5) is 0 Å². The highest BCUT2D eigenvalue weighted by Crippen LogP contribution is 2.34. The van der Waals surface area contributed by atoms with E-state index in [2.05, 4.69) is 107 Å². The van der Waals surface area contributed by atoms with Gasteiger partial charge in [0.15, 0.2) is 11.0 Å². The lowest BCUT2D eigenvalue weighted by molar-refractivity contribution is -0.633. The van der Waals surface area contributed by atoms with E-state index in [1.807, 2.05) is 5.51 Å². The zero-order valence-corrected chi connectivity index (χ0v) is 17.6. The van der Waals surface area contributed by atoms with Gasteiger partial charge in [-0.15, -0.1) is 11.3 Å². The second-order valence-electron chi connectivity index (χ2n) is 7.69. The number of imidazole rings is 1. The van der Waals surface area contributed by atoms with Crippen LogP contribution in [-0.2, 0) is 7.05 Å². The predicted molar refractivity (Wildman–Crippen MR) is 125 cm³/mol. The molecule has 2 heterocycles. The van der Waals surface area contributed by atoms with E-state index in [0.29, 0.717) is 0 Å². The van der Waals surface area contributed by atoms with Crippen molar-refractivity contribution in [1.29, 1.82) is 0 Å². The number of thiazole rings is 1. The summed E-state index contributed by atoms with van der Waals surface area (Å²) in [6.07, 6.45) is 0. The Balaban J connectivity index is 1.79. The van der Waals surface area contributed by atoms with Crippen molar-refractivity contribution in [3.8, 4) is 17.1 Å². The topological polar surface area (TPSA) is 21.7 Å². The number of hydrogen-bond donors (Lipinski definition) is 0. The summed E-state index contributed by atoms with van der Waals surface area (Å²) in [6.45, 7) is 2.19. The van der Waals surface area contributed by atoms with Gasteiger partial charge in [0.1, 0.15) is 5.69 Å². The highest BCUT2D eigenvalue weighted by molar-refractivity contribution is 7.16. The highest BCUT2D eigenvalue weighted by atomic mass is 32.1. The second kappa shape index (κ2) is 6.51. The van der Waals surface area contributed by atoms with Gasteiger partial charge in [0.2, 0.25) is 0 Å². The van der Waals surface area contributed by atoms with E-state index in [-0.39, 0.29) is 0 Å². The number of nitrogens with zero attached hydrogens (tertiary/aromatic N) is 3. The molecular formula is C26H20N3S+. The Hall–Kier alpha value is -3.50. The molecule has 4 aromatic carbocycles. The minimum atomic E-state index is 1.05. The standard InChI is InChI=1S/C26H20N3S/c1-17-14-25-21(27-16-30-25)15-20(17)26-28(2)23-11-5-6-12-24(23)29(26)22-13-7-9-18-8-3-4-10-19(18)22/h3-16H,1-2H3/q+1. The van der Waals surface area contributed by atoms with Gasteiger partial charge in [0.25, 0.3) is 5.82 Å². The lowest BCUT2D eigenvalue weighted by atomic mass is 10.1. The first-order valence-electron chi connectivity index (χ1n) is 10.0. The molecule has 0 unspecified atom stereocenters. The van der Waals surface area contributed by atoms with Crippen LogP contribution in [0, 0.1) is 6.92 Å². The van der Waals surface area contributed by atoms with Gasteiger partial charge in [-0.25, -0.2) is 9.55 Å². The number of aryl methyl sites for hydroxylation is 2. The molecule has 0 saturated carbocycles. The van der Waals surface area contributed by atoms with Crippen molar-refractivity contribution in [3.63, 3.8) is 0 Å². The SMILES string of the molecule is Cc1cc2scnc2cc1-c1n(-c2cccc3ccccc23)c2ccccc2[n+]1C. The summed E-state index contributed by atoms with van der Waals surface area (Å²) in [5, 5.41) is 2.49. The van der Waals surface area contributed by atoms with E-state index >= 15 is 0 Å². The van der Waals surface area contributed by atoms with Gasteiger partial charge in [0.05, 0.1) is 28.3 Å². The van der Waals surface area contributed by atoms with Crippen molar-refractivity contribution in [2.45, 2.75) is 6.92 Å². The van der Waals surface area contributed by atoms with E-state index in [1.54, 1.807) is 11.3 Å². The molecule has 144 valence electrons. The van der Waals surface area contributed by atoms with E-state index < -0.39 is 0 Å². The Morgan fingerprint density at radius 1 is 0.900 bits per heavy atom. The van der Waals surface area contributed by atoms with Gasteiger partial charge in [-0.1, -0.05) is 48.5 Å². The fourth-order valence-corrected chi connectivity index (χ4v) is 5.27. The molecule has 0 spiro atoms. The van der Waals surface area contributed by atoms with E-state index in [4.69, 9.17) is 0 Å². The van der Waals surface area contributed by atoms with Crippen molar-refractivity contribution in [3.05, 3.63) is 89.9 Å². The average Bonchev–Trinajstić information content (AvgIpc) is 3.34. The minimum Gasteiger partial charge on any atom is -0.245 e. The van der Waals surface area contributed by atoms with Gasteiger partial charge in [-0.05, 0) is 48.2 Å². The lowest BCUT2D eigenvalue weighted by Gasteiger charge is -2.09. The van der Waals surface area contributed by atoms with Gasteiger partial charge in [0, 0.05) is 5.39 Å². The van der Waals surface area contributed by atoms with E-state index in [9.17, 15) is 0 Å². The van der Waals surface area contributed by atoms with E-state index in [1.165, 1.54) is 49.1 Å². The number of benzene rings is 4. The molecule has 0 aliphatic rings. The number of hydrogen-bond acceptors (Lipinski definition) is 2. The number of aromatic nitrogens is 3. The molecule has 0 fully saturated rings. The Morgan fingerprint density at radius 3 is 2.63 bits per heavy atom. The van der Waals surface area contributed by atoms with Crippen molar-refractivity contribution in [2.24, 2.45) is 7.05 Å². The number of rotatable bonds is 2. The van der Waals surface area contributed by atoms with Gasteiger partial charge < -0.3 is 0 Å². The Morgan fingerprint density at radius 2 is 1.70 bits per heavy atom. The van der Waals surface area contributed by atoms with Gasteiger partial charge in [-0.2, -0.15) is 4.57 Å². The molecule has 0 N–H and O–H groups in total. The fourth-order valence-electron chi connectivity index (χ4n) is 4.51. The molecule has 6 aromatic rings. The van der Waals surface area contributed by atoms with Crippen LogP contribution in [0.5, 0.6) is 0 Å². The summed E-state index contributed by atoms with van der Waals surface area (Å²) < 4.78 is 5.93. The molecule has 3 nitrogen and oxygen atoms in total. The van der Waals surface area contributed by atoms with Crippen molar-refractivity contribution >= 4 is 43.4 Å². The van der Waals surface area contributed by atoms with Crippen molar-refractivity contribution in [2.75, 3.05) is 0 Å². The fraction of sp³-hybridized carbons (Fsp3) is 0.0769. The van der Waals surface area contributed by atoms with Crippen molar-refractivity contribution < 1.29 is 4.57 Å². The maximum Gasteiger partial charge on any atom is 0.295 e. The molecule has 0 atom stereocenters. The maximum absolute atomic E-state index is 4.58. The molecule has 0 bridgehead atoms. The quantitative estimate of drug-likeness (QED) is 0.314. The number of para-hydroxylation sites is 2. The zero-order chi connectivity index (χ0) is 20.2. The summed E-state index contributed by atoms with van der Waals surface area (Å²) in [4.78, 5) is 4.58. The molecule has 6 rings (SSSR count). The number of fused-ring (bicyclic) bond motifs is 3. The molecule has 0 aliphatic heterocycles. The summed E-state index contributed by atoms with van der Waals surface area (Å²) in [5.41, 5.74) is 9.04. The largest absolute Gasteiger partial charge is 0.295 e. The Kier molecular flexibility index (Phi) is 3.77. The van der Waals surface area contributed by atoms with Crippen LogP contribution in [0.2, 0.25) is 0 Å². The third kappa shape index (κ3) is 2.44.